The van der Waals surface area contributed by atoms with Crippen molar-refractivity contribution in [3.8, 4) is 0 Å². The van der Waals surface area contributed by atoms with Gasteiger partial charge in [-0.25, -0.2) is 59.8 Å². The fourth-order valence-corrected chi connectivity index (χ4v) is 27.2. The number of quaternary nitrogens is 2. The van der Waals surface area contributed by atoms with Gasteiger partial charge in [0.05, 0.1) is 152 Å². The van der Waals surface area contributed by atoms with Crippen molar-refractivity contribution in [2.75, 3.05) is 93.9 Å². The minimum absolute atomic E-state index is 0. The maximum Gasteiger partial charge on any atom is 1.00 e. The summed E-state index contributed by atoms with van der Waals surface area (Å²) < 4.78 is 109. The van der Waals surface area contributed by atoms with Crippen LogP contribution in [-0.4, -0.2) is 280 Å². The minimum atomic E-state index is -4.38. The Kier molecular flexibility index (Phi) is 37.8. The number of H-pyrrole nitrogens is 3. The van der Waals surface area contributed by atoms with E-state index >= 15 is 0 Å². The van der Waals surface area contributed by atoms with Gasteiger partial charge in [0.1, 0.15) is 106 Å². The van der Waals surface area contributed by atoms with E-state index in [1.54, 1.807) is 13.7 Å². The molecule has 9 aliphatic rings. The monoisotopic (exact) mass is 2280 g/mol. The van der Waals surface area contributed by atoms with Crippen LogP contribution in [0.1, 0.15) is 56.1 Å². The van der Waals surface area contributed by atoms with Crippen molar-refractivity contribution in [3.63, 3.8) is 0 Å². The molecule has 18 heterocycles. The fraction of sp³-hybridized carbons (Fsp3) is 0.545. The van der Waals surface area contributed by atoms with Crippen LogP contribution in [0.2, 0.25) is 0 Å². The van der Waals surface area contributed by atoms with Crippen molar-refractivity contribution >= 4 is 214 Å². The van der Waals surface area contributed by atoms with Crippen LogP contribution in [0.5, 0.6) is 0 Å². The molecule has 6 saturated heterocycles. The molecule has 30 unspecified atom stereocenters. The van der Waals surface area contributed by atoms with E-state index in [1.807, 2.05) is 0 Å². The summed E-state index contributed by atoms with van der Waals surface area (Å²) in [6.07, 6.45) is -6.33. The number of nitrogens with one attached hydrogen (secondary N) is 3. The first-order valence-corrected chi connectivity index (χ1v) is 56.5. The SMILES string of the molecule is Nc1nc2c(ncn2C2OC3COP([O-])(=S)OC4C(COP(=O)([S-])OC2C3CO)CC(n2cnc3c(N)ncnc32)C4O)c(=O)[nH]1.Nc1nc2c(ncn2C2OC3COP([O-])(=S)OC4C(COP([O-])(=S)OC2C3CO)CC(n2cnc3c(N)ncnc32)C4O)c(=O)[nH]1.Nc1nc2c(ncn2C2OC3COP([O-])(=S)OC4C(COP([O-])(=S)OC2C3CO)CC(n2cnc3c(N)ncnc32)C4O)c(=O)[nH]1.[NH4+].[NH4+].[Na+].[Na+].[Na+].[Na+]. The number of fused-ring (bicyclic) bond motifs is 15. The molecule has 3 saturated carbocycles. The Balaban J connectivity index is 0.000000177. The number of nitrogens with two attached hydrogens (primary N) is 6. The topological polar surface area (TPSA) is 943 Å². The first-order chi connectivity index (χ1) is 65.6. The number of imidazole rings is 6. The molecule has 0 aromatic carbocycles. The molecular formula is C66H86N32Na4O30P6S6. The van der Waals surface area contributed by atoms with Gasteiger partial charge >= 0.3 is 118 Å². The summed E-state index contributed by atoms with van der Waals surface area (Å²) in [5, 5.41) is 65.2. The molecule has 21 rings (SSSR count). The molecule has 6 aliphatic heterocycles. The number of aromatic nitrogens is 24. The fourth-order valence-electron chi connectivity index (χ4n) is 18.4. The summed E-state index contributed by atoms with van der Waals surface area (Å²) in [6, 6.07) is -2.23. The molecule has 62 nitrogen and oxygen atoms in total. The second kappa shape index (κ2) is 46.5. The van der Waals surface area contributed by atoms with Crippen molar-refractivity contribution in [2.45, 2.75) is 129 Å². The summed E-state index contributed by atoms with van der Waals surface area (Å²) in [5.41, 5.74) is 34.8. The number of hydrogen-bond acceptors (Lipinski definition) is 57. The predicted octanol–water partition coefficient (Wildman–Crippen LogP) is -17.5. The van der Waals surface area contributed by atoms with Crippen LogP contribution in [0.15, 0.2) is 71.3 Å². The van der Waals surface area contributed by atoms with Gasteiger partial charge in [-0.3, -0.25) is 47.6 Å². The molecule has 0 radical (unpaired) electrons. The average molecular weight is 2280 g/mol. The standard InChI is InChI=1S/3C22H28N10O10P2S2.2H3N.4Na/c3*23-17-12-18(26-5-25-17)31(6-27-12)10-1-8-3-38-43(36,45)42-16-9(2-33)11(4-39-44(37,46)41-15(8)14(10)34)40-21(16)32-7-28-13-19(32)29-22(24)30-20(13)35;;;;;;/h3*5-11,14-16,21,33-34H,1-4H2,(H,36,45)(H,37,46)(H2,23,25,26)(H3,24,29,30,35);2*1H3;;;;/q;;;;;4*+1/p-4. The minimum Gasteiger partial charge on any atom is -0.780 e. The van der Waals surface area contributed by atoms with Gasteiger partial charge in [-0.05, 0) is 19.3 Å². The van der Waals surface area contributed by atoms with Crippen molar-refractivity contribution in [1.29, 1.82) is 0 Å². The average Bonchev–Trinajstić information content (AvgIpc) is 1.62. The molecule has 30 atom stereocenters. The van der Waals surface area contributed by atoms with E-state index in [0.29, 0.717) is 33.5 Å². The quantitative estimate of drug-likeness (QED) is 0.0362. The Bertz CT molecular complexity index is 6570. The van der Waals surface area contributed by atoms with Gasteiger partial charge in [0.2, 0.25) is 17.8 Å². The van der Waals surface area contributed by atoms with E-state index in [9.17, 15) is 74.1 Å². The summed E-state index contributed by atoms with van der Waals surface area (Å²) in [4.78, 5) is 174. The van der Waals surface area contributed by atoms with Crippen molar-refractivity contribution in [1.82, 2.24) is 129 Å². The Morgan fingerprint density at radius 3 is 0.882 bits per heavy atom. The predicted molar refractivity (Wildman–Crippen MR) is 493 cm³/mol. The number of rotatable bonds is 9. The summed E-state index contributed by atoms with van der Waals surface area (Å²) in [7, 11) is 0. The molecule has 144 heavy (non-hydrogen) atoms. The molecule has 3 aliphatic carbocycles. The van der Waals surface area contributed by atoms with E-state index in [1.165, 1.54) is 70.6 Å². The molecule has 78 heteroatoms. The second-order valence-corrected chi connectivity index (χ2v) is 49.1. The van der Waals surface area contributed by atoms with Crippen LogP contribution in [0.25, 0.3) is 67.0 Å². The maximum atomic E-state index is 13.7. The molecule has 6 bridgehead atoms. The van der Waals surface area contributed by atoms with Gasteiger partial charge in [-0.15, -0.1) is 0 Å². The van der Waals surface area contributed by atoms with Crippen molar-refractivity contribution in [3.05, 3.63) is 88.0 Å². The number of aromatic amines is 3. The van der Waals surface area contributed by atoms with Crippen LogP contribution in [0.4, 0.5) is 35.3 Å². The number of anilines is 6. The van der Waals surface area contributed by atoms with Gasteiger partial charge in [-0.1, -0.05) is 59.0 Å². The third-order valence-corrected chi connectivity index (χ3v) is 34.0. The van der Waals surface area contributed by atoms with E-state index < -0.39 is 242 Å². The Morgan fingerprint density at radius 1 is 0.361 bits per heavy atom. The summed E-state index contributed by atoms with van der Waals surface area (Å²) >= 11 is 31.4. The maximum absolute atomic E-state index is 13.7. The van der Waals surface area contributed by atoms with Gasteiger partial charge < -0.3 is 196 Å². The molecule has 0 amide bonds. The number of aliphatic hydroxyl groups excluding tert-OH is 6. The zero-order valence-corrected chi connectivity index (χ0v) is 94.3. The Labute approximate surface area is 927 Å². The van der Waals surface area contributed by atoms with E-state index in [4.69, 9.17) is 174 Å². The van der Waals surface area contributed by atoms with E-state index in [2.05, 4.69) is 89.7 Å². The largest absolute Gasteiger partial charge is 1.00 e. The second-order valence-electron chi connectivity index (χ2n) is 32.8. The third-order valence-electron chi connectivity index (χ3n) is 24.8. The number of aliphatic hydroxyl groups is 6. The molecule has 29 N–H and O–H groups in total. The smallest absolute Gasteiger partial charge is 0.780 e. The van der Waals surface area contributed by atoms with Crippen LogP contribution in [0.3, 0.4) is 0 Å². The Morgan fingerprint density at radius 2 is 0.604 bits per heavy atom. The number of nitrogens with zero attached hydrogens (tertiary/aromatic N) is 21. The van der Waals surface area contributed by atoms with Gasteiger partial charge in [0, 0.05) is 35.5 Å². The number of hydrogen-bond donors (Lipinski definition) is 17. The molecular weight excluding hydrogens is 2190 g/mol. The first kappa shape index (κ1) is 117. The number of ether oxygens (including phenoxy) is 3. The normalized spacial score (nSPS) is 35.6. The molecule has 12 aromatic heterocycles. The van der Waals surface area contributed by atoms with Crippen molar-refractivity contribution in [2.24, 2.45) is 35.5 Å². The molecule has 0 spiro atoms. The summed E-state index contributed by atoms with van der Waals surface area (Å²) in [6.45, 7) is -30.5. The zero-order valence-electron chi connectivity index (χ0n) is 76.0. The summed E-state index contributed by atoms with van der Waals surface area (Å²) in [5.74, 6) is -5.45. The zero-order chi connectivity index (χ0) is 97.6. The first-order valence-electron chi connectivity index (χ1n) is 41.2. The van der Waals surface area contributed by atoms with Crippen LogP contribution < -0.4 is 206 Å². The molecule has 12 aromatic rings. The van der Waals surface area contributed by atoms with E-state index in [-0.39, 0.29) is 238 Å². The van der Waals surface area contributed by atoms with Gasteiger partial charge in [-0.2, -0.15) is 15.0 Å². The van der Waals surface area contributed by atoms with Crippen LogP contribution in [-0.2, 0) is 144 Å². The van der Waals surface area contributed by atoms with Gasteiger partial charge in [0.15, 0.2) is 93.4 Å². The molecule has 760 valence electrons. The Hall–Kier alpha value is -3.79. The third kappa shape index (κ3) is 23.6. The van der Waals surface area contributed by atoms with Crippen LogP contribution >= 0.6 is 40.4 Å². The number of nitrogen functional groups attached to an aromatic ring is 6. The van der Waals surface area contributed by atoms with Crippen molar-refractivity contribution < 1.29 is 246 Å². The van der Waals surface area contributed by atoms with Crippen LogP contribution in [0, 0.1) is 35.5 Å². The molecule has 9 fully saturated rings. The van der Waals surface area contributed by atoms with E-state index in [0.717, 1.165) is 0 Å². The van der Waals surface area contributed by atoms with Gasteiger partial charge in [0.25, 0.3) is 16.7 Å².